The summed E-state index contributed by atoms with van der Waals surface area (Å²) in [5, 5.41) is 2.02. The molecule has 9 nitrogen and oxygen atoms in total. The Bertz CT molecular complexity index is 1780. The molecule has 45 heavy (non-hydrogen) atoms. The number of carbonyl (C=O) groups excluding carboxylic acids is 1. The Morgan fingerprint density at radius 2 is 1.87 bits per heavy atom. The third-order valence-electron chi connectivity index (χ3n) is 7.91. The van der Waals surface area contributed by atoms with Gasteiger partial charge >= 0.3 is 18.0 Å². The van der Waals surface area contributed by atoms with Crippen molar-refractivity contribution in [3.8, 4) is 0 Å². The van der Waals surface area contributed by atoms with E-state index in [0.717, 1.165) is 16.2 Å². The summed E-state index contributed by atoms with van der Waals surface area (Å²) in [6, 6.07) is 5.59. The van der Waals surface area contributed by atoms with Gasteiger partial charge in [0, 0.05) is 29.8 Å². The Labute approximate surface area is 265 Å². The SMILES string of the molecule is CC[SH](C)(=O)c1ccc(C)cc1Cn1c(=O)[nH]c2c(Cl)c(CN3CCC[C@@H](NC(=O)OC(C)(C)C)C3)c(C(F)(F)F)cc2c1=O. The molecule has 0 aliphatic carbocycles. The van der Waals surface area contributed by atoms with E-state index in [-0.39, 0.29) is 47.2 Å². The van der Waals surface area contributed by atoms with Crippen molar-refractivity contribution in [1.29, 1.82) is 0 Å². The second-order valence-corrected chi connectivity index (χ2v) is 16.4. The quantitative estimate of drug-likeness (QED) is 0.296. The fourth-order valence-corrected chi connectivity index (χ4v) is 7.39. The number of nitrogens with one attached hydrogen (secondary N) is 2. The van der Waals surface area contributed by atoms with Gasteiger partial charge in [0.2, 0.25) is 0 Å². The molecule has 1 atom stereocenters. The molecule has 2 N–H and O–H groups in total. The first-order valence-corrected chi connectivity index (χ1v) is 17.5. The van der Waals surface area contributed by atoms with Crippen LogP contribution in [0.25, 0.3) is 10.9 Å². The lowest BCUT2D eigenvalue weighted by Crippen LogP contribution is -2.48. The third-order valence-corrected chi connectivity index (χ3v) is 11.0. The number of piperidine rings is 1. The van der Waals surface area contributed by atoms with Gasteiger partial charge in [-0.1, -0.05) is 46.2 Å². The summed E-state index contributed by atoms with van der Waals surface area (Å²) in [5.41, 5.74) is -2.76. The zero-order chi connectivity index (χ0) is 33.5. The van der Waals surface area contributed by atoms with Gasteiger partial charge in [0.05, 0.1) is 28.0 Å². The second kappa shape index (κ2) is 12.9. The molecule has 0 radical (unpaired) electrons. The first-order chi connectivity index (χ1) is 20.8. The van der Waals surface area contributed by atoms with Crippen LogP contribution in [-0.2, 0) is 33.9 Å². The number of aromatic amines is 1. The molecular weight excluding hydrogens is 633 g/mol. The predicted molar refractivity (Wildman–Crippen MR) is 171 cm³/mol. The molecule has 14 heteroatoms. The fraction of sp³-hybridized carbons (Fsp3) is 0.516. The van der Waals surface area contributed by atoms with Gasteiger partial charge < -0.3 is 15.0 Å². The molecule has 3 aromatic rings. The Kier molecular flexibility index (Phi) is 9.96. The number of benzene rings is 2. The number of hydrogen-bond acceptors (Lipinski definition) is 6. The molecule has 0 saturated carbocycles. The van der Waals surface area contributed by atoms with Gasteiger partial charge in [-0.2, -0.15) is 13.2 Å². The zero-order valence-electron chi connectivity index (χ0n) is 26.2. The molecule has 1 amide bonds. The van der Waals surface area contributed by atoms with E-state index < -0.39 is 44.6 Å². The molecule has 1 saturated heterocycles. The van der Waals surface area contributed by atoms with Crippen molar-refractivity contribution in [2.45, 2.75) is 83.3 Å². The van der Waals surface area contributed by atoms with Crippen LogP contribution in [0, 0.1) is 6.92 Å². The summed E-state index contributed by atoms with van der Waals surface area (Å²) in [5.74, 6) is 0.355. The van der Waals surface area contributed by atoms with Gasteiger partial charge in [0.15, 0.2) is 0 Å². The molecule has 1 aromatic heterocycles. The van der Waals surface area contributed by atoms with Gasteiger partial charge in [-0.15, -0.1) is 0 Å². The molecule has 1 aliphatic heterocycles. The summed E-state index contributed by atoms with van der Waals surface area (Å²) in [6.45, 7) is 8.98. The lowest BCUT2D eigenvalue weighted by molar-refractivity contribution is -0.138. The van der Waals surface area contributed by atoms with E-state index in [1.807, 2.05) is 6.92 Å². The molecule has 0 spiro atoms. The highest BCUT2D eigenvalue weighted by Crippen LogP contribution is 2.39. The summed E-state index contributed by atoms with van der Waals surface area (Å²) in [6.07, 6.45) is -2.63. The van der Waals surface area contributed by atoms with Crippen LogP contribution in [0.3, 0.4) is 0 Å². The Hall–Kier alpha value is -3.16. The van der Waals surface area contributed by atoms with E-state index >= 15 is 0 Å². The number of halogens is 4. The lowest BCUT2D eigenvalue weighted by Gasteiger charge is -2.34. The number of H-pyrrole nitrogens is 1. The number of ether oxygens (including phenoxy) is 1. The largest absolute Gasteiger partial charge is 0.444 e. The molecule has 2 heterocycles. The van der Waals surface area contributed by atoms with E-state index in [1.54, 1.807) is 57.0 Å². The zero-order valence-corrected chi connectivity index (χ0v) is 27.9. The van der Waals surface area contributed by atoms with Crippen molar-refractivity contribution in [3.63, 3.8) is 0 Å². The number of aromatic nitrogens is 2. The minimum Gasteiger partial charge on any atom is -0.444 e. The number of carbonyl (C=O) groups is 1. The normalized spacial score (nSPS) is 17.0. The average Bonchev–Trinajstić information content (AvgIpc) is 2.91. The molecule has 4 rings (SSSR count). The Morgan fingerprint density at radius 1 is 1.18 bits per heavy atom. The van der Waals surface area contributed by atoms with Gasteiger partial charge in [-0.25, -0.2) is 9.59 Å². The van der Waals surface area contributed by atoms with Crippen molar-refractivity contribution in [2.75, 3.05) is 25.1 Å². The van der Waals surface area contributed by atoms with Gasteiger partial charge in [0.1, 0.15) is 5.60 Å². The lowest BCUT2D eigenvalue weighted by atomic mass is 10.0. The number of alkyl halides is 3. The maximum Gasteiger partial charge on any atom is 0.416 e. The highest BCUT2D eigenvalue weighted by molar-refractivity contribution is 8.02. The van der Waals surface area contributed by atoms with Crippen LogP contribution in [0.5, 0.6) is 0 Å². The van der Waals surface area contributed by atoms with Crippen LogP contribution >= 0.6 is 11.6 Å². The monoisotopic (exact) mass is 672 g/mol. The topological polar surface area (TPSA) is 114 Å². The predicted octanol–water partition coefficient (Wildman–Crippen LogP) is 5.23. The number of fused-ring (bicyclic) bond motifs is 1. The van der Waals surface area contributed by atoms with Crippen molar-refractivity contribution >= 4 is 38.5 Å². The minimum absolute atomic E-state index is 0.189. The number of amides is 1. The Morgan fingerprint density at radius 3 is 2.49 bits per heavy atom. The maximum absolute atomic E-state index is 14.5. The summed E-state index contributed by atoms with van der Waals surface area (Å²) >= 11 is 6.57. The van der Waals surface area contributed by atoms with E-state index in [1.165, 1.54) is 0 Å². The third kappa shape index (κ3) is 7.98. The molecule has 0 unspecified atom stereocenters. The molecule has 248 valence electrons. The average molecular weight is 673 g/mol. The number of nitrogens with zero attached hydrogens (tertiary/aromatic N) is 2. The number of alkyl carbamates (subject to hydrolysis) is 1. The molecule has 1 fully saturated rings. The number of hydrogen-bond donors (Lipinski definition) is 3. The van der Waals surface area contributed by atoms with Crippen molar-refractivity contribution in [2.24, 2.45) is 0 Å². The van der Waals surface area contributed by atoms with Crippen LogP contribution < -0.4 is 16.6 Å². The standard InChI is InChI=1S/C31H40ClF3N4O5S/c1-7-45(6,43)24-11-10-18(2)13-19(24)15-39-27(40)21-14-23(31(33,34)35)22(25(32)26(21)37-28(39)41)17-38-12-8-9-20(16-38)36-29(42)44-30(3,4)5/h10-11,13-14,20,45H,7-9,12,15-17H2,1-6H3,(H,36,42)(H,37,41)/t20-/m1/s1. The maximum atomic E-state index is 14.5. The highest BCUT2D eigenvalue weighted by atomic mass is 35.5. The van der Waals surface area contributed by atoms with Crippen molar-refractivity contribution < 1.29 is 26.9 Å². The van der Waals surface area contributed by atoms with Crippen molar-refractivity contribution in [1.82, 2.24) is 19.8 Å². The molecule has 1 aliphatic rings. The number of likely N-dealkylation sites (tertiary alicyclic amines) is 1. The van der Waals surface area contributed by atoms with Crippen LogP contribution in [0.15, 0.2) is 38.8 Å². The first kappa shape index (κ1) is 34.7. The number of rotatable bonds is 7. The van der Waals surface area contributed by atoms with E-state index in [4.69, 9.17) is 16.3 Å². The smallest absolute Gasteiger partial charge is 0.416 e. The van der Waals surface area contributed by atoms with Crippen LogP contribution in [0.1, 0.15) is 62.8 Å². The number of aryl methyl sites for hydroxylation is 1. The Balaban J connectivity index is 1.74. The van der Waals surface area contributed by atoms with Crippen LogP contribution in [-0.4, -0.2) is 61.5 Å². The van der Waals surface area contributed by atoms with Gasteiger partial charge in [0.25, 0.3) is 5.56 Å². The van der Waals surface area contributed by atoms with Crippen LogP contribution in [0.4, 0.5) is 18.0 Å². The molecular formula is C31H40ClF3N4O5S. The first-order valence-electron chi connectivity index (χ1n) is 14.7. The minimum atomic E-state index is -4.86. The fourth-order valence-electron chi connectivity index (χ4n) is 5.60. The van der Waals surface area contributed by atoms with Gasteiger partial charge in [-0.05, 0) is 76.6 Å². The second-order valence-electron chi connectivity index (χ2n) is 12.7. The molecule has 0 bridgehead atoms. The summed E-state index contributed by atoms with van der Waals surface area (Å²) in [4.78, 5) is 43.9. The van der Waals surface area contributed by atoms with E-state index in [9.17, 15) is 31.8 Å². The van der Waals surface area contributed by atoms with Crippen LogP contribution in [0.2, 0.25) is 5.02 Å². The molecule has 2 aromatic carbocycles. The van der Waals surface area contributed by atoms with E-state index in [0.29, 0.717) is 35.6 Å². The van der Waals surface area contributed by atoms with Gasteiger partial charge in [-0.3, -0.25) is 18.5 Å². The number of thiol groups is 1. The summed E-state index contributed by atoms with van der Waals surface area (Å²) in [7, 11) is -2.81. The van der Waals surface area contributed by atoms with E-state index in [2.05, 4.69) is 10.3 Å². The van der Waals surface area contributed by atoms with Crippen molar-refractivity contribution in [3.05, 3.63) is 72.4 Å². The summed E-state index contributed by atoms with van der Waals surface area (Å²) < 4.78 is 62.8. The highest BCUT2D eigenvalue weighted by Gasteiger charge is 2.37.